The summed E-state index contributed by atoms with van der Waals surface area (Å²) in [6.07, 6.45) is 1.19. The number of aromatic amines is 1. The van der Waals surface area contributed by atoms with Gasteiger partial charge < -0.3 is 4.90 Å². The maximum atomic E-state index is 12.3. The zero-order chi connectivity index (χ0) is 13.3. The maximum Gasteiger partial charge on any atom is 0.293 e. The van der Waals surface area contributed by atoms with Crippen LogP contribution in [0.25, 0.3) is 0 Å². The number of likely N-dealkylation sites (tertiary alicyclic amines) is 1. The van der Waals surface area contributed by atoms with Gasteiger partial charge in [-0.3, -0.25) is 9.89 Å². The van der Waals surface area contributed by atoms with Crippen LogP contribution >= 0.6 is 0 Å². The van der Waals surface area contributed by atoms with Gasteiger partial charge in [0.2, 0.25) is 5.82 Å². The lowest BCUT2D eigenvalue weighted by Crippen LogP contribution is -2.43. The number of nitrogens with one attached hydrogen (secondary N) is 1. The van der Waals surface area contributed by atoms with Crippen LogP contribution in [0.5, 0.6) is 0 Å². The van der Waals surface area contributed by atoms with Crippen molar-refractivity contribution in [3.63, 3.8) is 0 Å². The van der Waals surface area contributed by atoms with Crippen LogP contribution in [0.3, 0.4) is 0 Å². The molecular formula is C13H22N4O. The Morgan fingerprint density at radius 1 is 1.33 bits per heavy atom. The zero-order valence-corrected chi connectivity index (χ0v) is 11.6. The largest absolute Gasteiger partial charge is 0.335 e. The van der Waals surface area contributed by atoms with Crippen molar-refractivity contribution >= 4 is 5.91 Å². The second-order valence-electron chi connectivity index (χ2n) is 5.86. The number of hydrogen-bond donors (Lipinski definition) is 1. The van der Waals surface area contributed by atoms with Gasteiger partial charge >= 0.3 is 0 Å². The van der Waals surface area contributed by atoms with Crippen LogP contribution in [0.4, 0.5) is 0 Å². The molecule has 0 spiro atoms. The van der Waals surface area contributed by atoms with E-state index < -0.39 is 0 Å². The molecule has 2 rings (SSSR count). The van der Waals surface area contributed by atoms with E-state index in [0.29, 0.717) is 17.7 Å². The Morgan fingerprint density at radius 2 is 1.94 bits per heavy atom. The minimum atomic E-state index is -0.0449. The van der Waals surface area contributed by atoms with E-state index in [1.54, 1.807) is 0 Å². The van der Waals surface area contributed by atoms with Crippen molar-refractivity contribution in [2.45, 2.75) is 40.0 Å². The van der Waals surface area contributed by atoms with E-state index in [4.69, 9.17) is 0 Å². The third-order valence-corrected chi connectivity index (χ3v) is 3.40. The van der Waals surface area contributed by atoms with Crippen molar-refractivity contribution < 1.29 is 4.79 Å². The molecule has 2 heterocycles. The molecule has 1 N–H and O–H groups in total. The molecule has 0 saturated carbocycles. The van der Waals surface area contributed by atoms with Gasteiger partial charge in [-0.05, 0) is 18.3 Å². The number of aromatic nitrogens is 3. The summed E-state index contributed by atoms with van der Waals surface area (Å²) in [6.45, 7) is 10.1. The quantitative estimate of drug-likeness (QED) is 0.873. The molecule has 1 aromatic heterocycles. The predicted octanol–water partition coefficient (Wildman–Crippen LogP) is 2.05. The van der Waals surface area contributed by atoms with E-state index in [1.165, 1.54) is 6.42 Å². The number of carbonyl (C=O) groups excluding carboxylic acids is 1. The Hall–Kier alpha value is -1.39. The topological polar surface area (TPSA) is 61.9 Å². The molecule has 1 aromatic rings. The van der Waals surface area contributed by atoms with E-state index >= 15 is 0 Å². The lowest BCUT2D eigenvalue weighted by Gasteiger charge is -2.34. The molecule has 0 aliphatic carbocycles. The van der Waals surface area contributed by atoms with Gasteiger partial charge in [0, 0.05) is 19.0 Å². The van der Waals surface area contributed by atoms with Gasteiger partial charge in [-0.25, -0.2) is 4.98 Å². The van der Waals surface area contributed by atoms with E-state index in [2.05, 4.69) is 29.0 Å². The molecule has 1 saturated heterocycles. The molecule has 1 aliphatic heterocycles. The average molecular weight is 250 g/mol. The van der Waals surface area contributed by atoms with Gasteiger partial charge in [-0.1, -0.05) is 27.7 Å². The SMILES string of the molecule is CC1CC(C)CN(C(=O)c2n[nH]c(C(C)C)n2)C1. The highest BCUT2D eigenvalue weighted by Gasteiger charge is 2.28. The Bertz CT molecular complexity index is 416. The number of hydrogen-bond acceptors (Lipinski definition) is 3. The highest BCUT2D eigenvalue weighted by Crippen LogP contribution is 2.22. The summed E-state index contributed by atoms with van der Waals surface area (Å²) < 4.78 is 0. The minimum absolute atomic E-state index is 0.0449. The number of rotatable bonds is 2. The van der Waals surface area contributed by atoms with Crippen LogP contribution in [-0.2, 0) is 0 Å². The van der Waals surface area contributed by atoms with E-state index in [0.717, 1.165) is 18.9 Å². The van der Waals surface area contributed by atoms with Crippen LogP contribution in [0.2, 0.25) is 0 Å². The number of piperidine rings is 1. The van der Waals surface area contributed by atoms with Gasteiger partial charge in [-0.2, -0.15) is 0 Å². The van der Waals surface area contributed by atoms with Crippen LogP contribution in [0, 0.1) is 11.8 Å². The van der Waals surface area contributed by atoms with Crippen molar-refractivity contribution in [3.05, 3.63) is 11.6 Å². The monoisotopic (exact) mass is 250 g/mol. The predicted molar refractivity (Wildman–Crippen MR) is 69.3 cm³/mol. The molecule has 0 radical (unpaired) electrons. The van der Waals surface area contributed by atoms with Gasteiger partial charge in [0.15, 0.2) is 0 Å². The lowest BCUT2D eigenvalue weighted by molar-refractivity contribution is 0.0611. The first kappa shape index (κ1) is 13.1. The molecule has 100 valence electrons. The molecule has 1 fully saturated rings. The summed E-state index contributed by atoms with van der Waals surface area (Å²) in [4.78, 5) is 18.5. The number of nitrogens with zero attached hydrogens (tertiary/aromatic N) is 3. The molecular weight excluding hydrogens is 228 g/mol. The van der Waals surface area contributed by atoms with Crippen molar-refractivity contribution in [2.24, 2.45) is 11.8 Å². The van der Waals surface area contributed by atoms with Crippen molar-refractivity contribution in [1.29, 1.82) is 0 Å². The standard InChI is InChI=1S/C13H22N4O/c1-8(2)11-14-12(16-15-11)13(18)17-6-9(3)5-10(4)7-17/h8-10H,5-7H2,1-4H3,(H,14,15,16). The van der Waals surface area contributed by atoms with Crippen LogP contribution in [-0.4, -0.2) is 39.1 Å². The summed E-state index contributed by atoms with van der Waals surface area (Å²) in [7, 11) is 0. The van der Waals surface area contributed by atoms with Crippen molar-refractivity contribution in [3.8, 4) is 0 Å². The fourth-order valence-electron chi connectivity index (χ4n) is 2.60. The molecule has 2 unspecified atom stereocenters. The normalized spacial score (nSPS) is 24.6. The zero-order valence-electron chi connectivity index (χ0n) is 11.6. The highest BCUT2D eigenvalue weighted by molar-refractivity contribution is 5.90. The average Bonchev–Trinajstić information content (AvgIpc) is 2.75. The van der Waals surface area contributed by atoms with Crippen LogP contribution in [0.1, 0.15) is 56.5 Å². The van der Waals surface area contributed by atoms with Gasteiger partial charge in [0.25, 0.3) is 5.91 Å². The first-order valence-corrected chi connectivity index (χ1v) is 6.69. The molecule has 2 atom stereocenters. The Balaban J connectivity index is 2.10. The molecule has 1 amide bonds. The fourth-order valence-corrected chi connectivity index (χ4v) is 2.60. The van der Waals surface area contributed by atoms with E-state index in [1.807, 2.05) is 18.7 Å². The van der Waals surface area contributed by atoms with E-state index in [-0.39, 0.29) is 11.8 Å². The van der Waals surface area contributed by atoms with Crippen molar-refractivity contribution in [1.82, 2.24) is 20.1 Å². The molecule has 5 heteroatoms. The lowest BCUT2D eigenvalue weighted by atomic mass is 9.92. The Labute approximate surface area is 108 Å². The van der Waals surface area contributed by atoms with Crippen LogP contribution < -0.4 is 0 Å². The fraction of sp³-hybridized carbons (Fsp3) is 0.769. The minimum Gasteiger partial charge on any atom is -0.335 e. The summed E-state index contributed by atoms with van der Waals surface area (Å²) in [6, 6.07) is 0. The van der Waals surface area contributed by atoms with Gasteiger partial charge in [0.05, 0.1) is 0 Å². The number of amides is 1. The third-order valence-electron chi connectivity index (χ3n) is 3.40. The Kier molecular flexibility index (Phi) is 3.68. The first-order valence-electron chi connectivity index (χ1n) is 6.69. The molecule has 5 nitrogen and oxygen atoms in total. The molecule has 18 heavy (non-hydrogen) atoms. The smallest absolute Gasteiger partial charge is 0.293 e. The summed E-state index contributed by atoms with van der Waals surface area (Å²) >= 11 is 0. The van der Waals surface area contributed by atoms with E-state index in [9.17, 15) is 4.79 Å². The molecule has 1 aliphatic rings. The summed E-state index contributed by atoms with van der Waals surface area (Å²) in [5.74, 6) is 2.41. The summed E-state index contributed by atoms with van der Waals surface area (Å²) in [5, 5.41) is 6.87. The second kappa shape index (κ2) is 5.08. The number of H-pyrrole nitrogens is 1. The first-order chi connectivity index (χ1) is 8.47. The van der Waals surface area contributed by atoms with Crippen LogP contribution in [0.15, 0.2) is 0 Å². The third kappa shape index (κ3) is 2.71. The maximum absolute atomic E-state index is 12.3. The highest BCUT2D eigenvalue weighted by atomic mass is 16.2. The summed E-state index contributed by atoms with van der Waals surface area (Å²) in [5.41, 5.74) is 0. The molecule has 0 aromatic carbocycles. The van der Waals surface area contributed by atoms with Gasteiger partial charge in [0.1, 0.15) is 5.82 Å². The number of carbonyl (C=O) groups is 1. The Morgan fingerprint density at radius 3 is 2.44 bits per heavy atom. The van der Waals surface area contributed by atoms with Crippen molar-refractivity contribution in [2.75, 3.05) is 13.1 Å². The van der Waals surface area contributed by atoms with Gasteiger partial charge in [-0.15, -0.1) is 5.10 Å². The molecule has 0 bridgehead atoms. The second-order valence-corrected chi connectivity index (χ2v) is 5.86.